The van der Waals surface area contributed by atoms with Crippen LogP contribution in [-0.2, 0) is 15.8 Å². The number of likely N-dealkylation sites (tertiary alicyclic amines) is 1. The summed E-state index contributed by atoms with van der Waals surface area (Å²) in [6, 6.07) is 4.96. The van der Waals surface area contributed by atoms with Crippen molar-refractivity contribution < 1.29 is 22.8 Å². The first-order valence-corrected chi connectivity index (χ1v) is 10.3. The molecule has 1 atom stereocenters. The monoisotopic (exact) mass is 437 g/mol. The van der Waals surface area contributed by atoms with Crippen molar-refractivity contribution in [2.45, 2.75) is 32.4 Å². The SMILES string of the molecule is CC(CNC(=O)C(=O)Nc1ccc(-n2cccn2)cc1C(F)(F)F)CN1CCCCC1. The number of anilines is 1. The van der Waals surface area contributed by atoms with Crippen molar-refractivity contribution in [3.05, 3.63) is 42.2 Å². The molecule has 1 unspecified atom stereocenters. The number of aromatic nitrogens is 2. The number of hydrogen-bond acceptors (Lipinski definition) is 4. The number of carbonyl (C=O) groups excluding carboxylic acids is 2. The second-order valence-electron chi connectivity index (χ2n) is 7.81. The number of hydrogen-bond donors (Lipinski definition) is 2. The standard InChI is InChI=1S/C21H26F3N5O2/c1-15(14-28-9-3-2-4-10-28)13-25-19(30)20(31)27-18-7-6-16(29-11-5-8-26-29)12-17(18)21(22,23)24/h5-8,11-12,15H,2-4,9-10,13-14H2,1H3,(H,25,30)(H,27,31). The average Bonchev–Trinajstić information content (AvgIpc) is 3.27. The van der Waals surface area contributed by atoms with Gasteiger partial charge in [0.05, 0.1) is 16.9 Å². The Morgan fingerprint density at radius 2 is 1.90 bits per heavy atom. The second kappa shape index (κ2) is 9.95. The van der Waals surface area contributed by atoms with Crippen LogP contribution in [0, 0.1) is 5.92 Å². The molecule has 1 aliphatic heterocycles. The van der Waals surface area contributed by atoms with Gasteiger partial charge >= 0.3 is 18.0 Å². The molecule has 10 heteroatoms. The maximum atomic E-state index is 13.5. The van der Waals surface area contributed by atoms with E-state index in [9.17, 15) is 22.8 Å². The van der Waals surface area contributed by atoms with Gasteiger partial charge in [-0.1, -0.05) is 13.3 Å². The topological polar surface area (TPSA) is 79.3 Å². The molecule has 2 amide bonds. The Hall–Kier alpha value is -2.88. The van der Waals surface area contributed by atoms with Crippen molar-refractivity contribution in [2.75, 3.05) is 31.5 Å². The van der Waals surface area contributed by atoms with Crippen LogP contribution in [-0.4, -0.2) is 52.7 Å². The highest BCUT2D eigenvalue weighted by atomic mass is 19.4. The van der Waals surface area contributed by atoms with E-state index in [1.165, 1.54) is 29.6 Å². The highest BCUT2D eigenvalue weighted by Gasteiger charge is 2.35. The third-order valence-corrected chi connectivity index (χ3v) is 5.16. The zero-order chi connectivity index (χ0) is 22.4. The van der Waals surface area contributed by atoms with Crippen LogP contribution >= 0.6 is 0 Å². The van der Waals surface area contributed by atoms with E-state index in [-0.39, 0.29) is 18.2 Å². The molecule has 3 rings (SSSR count). The fourth-order valence-electron chi connectivity index (χ4n) is 3.61. The molecule has 2 heterocycles. The minimum atomic E-state index is -4.72. The number of alkyl halides is 3. The molecule has 0 spiro atoms. The third kappa shape index (κ3) is 6.30. The maximum absolute atomic E-state index is 13.5. The summed E-state index contributed by atoms with van der Waals surface area (Å²) in [7, 11) is 0. The Bertz CT molecular complexity index is 893. The van der Waals surface area contributed by atoms with Crippen LogP contribution in [0.25, 0.3) is 5.69 Å². The van der Waals surface area contributed by atoms with E-state index >= 15 is 0 Å². The first kappa shape index (κ1) is 22.8. The number of nitrogens with one attached hydrogen (secondary N) is 2. The van der Waals surface area contributed by atoms with Crippen LogP contribution in [0.1, 0.15) is 31.7 Å². The van der Waals surface area contributed by atoms with Crippen LogP contribution in [0.4, 0.5) is 18.9 Å². The van der Waals surface area contributed by atoms with Crippen molar-refractivity contribution in [1.29, 1.82) is 0 Å². The van der Waals surface area contributed by atoms with Gasteiger partial charge in [0.1, 0.15) is 0 Å². The van der Waals surface area contributed by atoms with E-state index in [0.717, 1.165) is 44.6 Å². The Morgan fingerprint density at radius 3 is 2.55 bits per heavy atom. The molecule has 0 bridgehead atoms. The van der Waals surface area contributed by atoms with Gasteiger partial charge in [0, 0.05) is 25.5 Å². The van der Waals surface area contributed by atoms with E-state index in [1.807, 2.05) is 6.92 Å². The van der Waals surface area contributed by atoms with Gasteiger partial charge in [-0.2, -0.15) is 18.3 Å². The molecule has 0 saturated carbocycles. The van der Waals surface area contributed by atoms with Crippen molar-refractivity contribution in [2.24, 2.45) is 5.92 Å². The van der Waals surface area contributed by atoms with Crippen LogP contribution in [0.2, 0.25) is 0 Å². The smallest absolute Gasteiger partial charge is 0.348 e. The molecule has 1 aromatic carbocycles. The summed E-state index contributed by atoms with van der Waals surface area (Å²) in [5, 5.41) is 8.50. The summed E-state index contributed by atoms with van der Waals surface area (Å²) < 4.78 is 41.8. The third-order valence-electron chi connectivity index (χ3n) is 5.16. The normalized spacial score (nSPS) is 16.0. The van der Waals surface area contributed by atoms with Gasteiger partial charge in [-0.3, -0.25) is 9.59 Å². The molecule has 0 radical (unpaired) electrons. The number of rotatable bonds is 6. The number of halogens is 3. The van der Waals surface area contributed by atoms with Crippen LogP contribution in [0.5, 0.6) is 0 Å². The molecule has 168 valence electrons. The van der Waals surface area contributed by atoms with E-state index in [1.54, 1.807) is 6.07 Å². The highest BCUT2D eigenvalue weighted by Crippen LogP contribution is 2.36. The van der Waals surface area contributed by atoms with Gasteiger partial charge < -0.3 is 15.5 Å². The fraction of sp³-hybridized carbons (Fsp3) is 0.476. The zero-order valence-corrected chi connectivity index (χ0v) is 17.3. The van der Waals surface area contributed by atoms with Crippen molar-refractivity contribution in [3.8, 4) is 5.69 Å². The minimum absolute atomic E-state index is 0.119. The van der Waals surface area contributed by atoms with Gasteiger partial charge in [0.2, 0.25) is 0 Å². The summed E-state index contributed by atoms with van der Waals surface area (Å²) in [4.78, 5) is 26.6. The molecule has 7 nitrogen and oxygen atoms in total. The van der Waals surface area contributed by atoms with E-state index in [4.69, 9.17) is 0 Å². The minimum Gasteiger partial charge on any atom is -0.348 e. The van der Waals surface area contributed by atoms with Gasteiger partial charge in [-0.05, 0) is 56.1 Å². The van der Waals surface area contributed by atoms with E-state index in [0.29, 0.717) is 0 Å². The molecule has 1 aromatic heterocycles. The summed E-state index contributed by atoms with van der Waals surface area (Å²) >= 11 is 0. The molecule has 2 aromatic rings. The molecular weight excluding hydrogens is 411 g/mol. The number of nitrogens with zero attached hydrogens (tertiary/aromatic N) is 3. The molecule has 0 aliphatic carbocycles. The number of benzene rings is 1. The quantitative estimate of drug-likeness (QED) is 0.681. The average molecular weight is 437 g/mol. The molecule has 1 fully saturated rings. The van der Waals surface area contributed by atoms with Crippen molar-refractivity contribution in [3.63, 3.8) is 0 Å². The fourth-order valence-corrected chi connectivity index (χ4v) is 3.61. The lowest BCUT2D eigenvalue weighted by Crippen LogP contribution is -2.41. The number of carbonyl (C=O) groups is 2. The molecular formula is C21H26F3N5O2. The first-order valence-electron chi connectivity index (χ1n) is 10.3. The lowest BCUT2D eigenvalue weighted by atomic mass is 10.1. The predicted molar refractivity (Wildman–Crippen MR) is 110 cm³/mol. The maximum Gasteiger partial charge on any atom is 0.418 e. The molecule has 1 saturated heterocycles. The van der Waals surface area contributed by atoms with Crippen LogP contribution in [0.15, 0.2) is 36.7 Å². The number of piperidine rings is 1. The molecule has 1 aliphatic rings. The Kier molecular flexibility index (Phi) is 7.32. The Balaban J connectivity index is 1.60. The summed E-state index contributed by atoms with van der Waals surface area (Å²) in [5.41, 5.74) is -1.35. The van der Waals surface area contributed by atoms with Gasteiger partial charge in [-0.15, -0.1) is 0 Å². The summed E-state index contributed by atoms with van der Waals surface area (Å²) in [6.45, 7) is 5.08. The Morgan fingerprint density at radius 1 is 1.16 bits per heavy atom. The summed E-state index contributed by atoms with van der Waals surface area (Å²) in [5.74, 6) is -1.98. The van der Waals surface area contributed by atoms with Crippen molar-refractivity contribution >= 4 is 17.5 Å². The number of amides is 2. The lowest BCUT2D eigenvalue weighted by molar-refractivity contribution is -0.138. The first-order chi connectivity index (χ1) is 14.7. The second-order valence-corrected chi connectivity index (χ2v) is 7.81. The predicted octanol–water partition coefficient (Wildman–Crippen LogP) is 3.07. The zero-order valence-electron chi connectivity index (χ0n) is 17.3. The van der Waals surface area contributed by atoms with E-state index < -0.39 is 29.2 Å². The van der Waals surface area contributed by atoms with Gasteiger partial charge in [0.25, 0.3) is 0 Å². The largest absolute Gasteiger partial charge is 0.418 e. The van der Waals surface area contributed by atoms with Crippen LogP contribution in [0.3, 0.4) is 0 Å². The lowest BCUT2D eigenvalue weighted by Gasteiger charge is -2.29. The molecule has 31 heavy (non-hydrogen) atoms. The van der Waals surface area contributed by atoms with Crippen molar-refractivity contribution in [1.82, 2.24) is 20.0 Å². The van der Waals surface area contributed by atoms with Crippen LogP contribution < -0.4 is 10.6 Å². The van der Waals surface area contributed by atoms with Gasteiger partial charge in [-0.25, -0.2) is 4.68 Å². The molecule has 2 N–H and O–H groups in total. The van der Waals surface area contributed by atoms with E-state index in [2.05, 4.69) is 20.6 Å². The Labute approximate surface area is 178 Å². The van der Waals surface area contributed by atoms with Gasteiger partial charge in [0.15, 0.2) is 0 Å². The summed E-state index contributed by atoms with van der Waals surface area (Å²) in [6.07, 6.45) is 1.77. The highest BCUT2D eigenvalue weighted by molar-refractivity contribution is 6.39.